The molecule has 38 heavy (non-hydrogen) atoms. The van der Waals surface area contributed by atoms with Crippen LogP contribution in [0.3, 0.4) is 0 Å². The Labute approximate surface area is 226 Å². The minimum Gasteiger partial charge on any atom is -0.495 e. The molecule has 0 radical (unpaired) electrons. The summed E-state index contributed by atoms with van der Waals surface area (Å²) in [7, 11) is -2.08. The first-order chi connectivity index (χ1) is 18.2. The van der Waals surface area contributed by atoms with E-state index in [1.807, 2.05) is 4.90 Å². The summed E-state index contributed by atoms with van der Waals surface area (Å²) in [5, 5.41) is 4.89. The van der Waals surface area contributed by atoms with Crippen LogP contribution in [0.5, 0.6) is 11.5 Å². The topological polar surface area (TPSA) is 120 Å². The van der Waals surface area contributed by atoms with Crippen molar-refractivity contribution in [3.8, 4) is 17.2 Å². The lowest BCUT2D eigenvalue weighted by atomic mass is 9.96. The molecule has 2 aromatic carbocycles. The Hall–Kier alpha value is -3.28. The first-order valence-corrected chi connectivity index (χ1v) is 14.4. The third-order valence-corrected chi connectivity index (χ3v) is 9.01. The summed E-state index contributed by atoms with van der Waals surface area (Å²) in [6.07, 6.45) is 4.43. The lowest BCUT2D eigenvalue weighted by Gasteiger charge is -2.36. The summed E-state index contributed by atoms with van der Waals surface area (Å²) >= 11 is 6.13. The summed E-state index contributed by atoms with van der Waals surface area (Å²) in [4.78, 5) is 15.5. The molecule has 202 valence electrons. The standard InChI is InChI=1S/C26H30ClN5O5S/c1-36-24-14-18(8-9-22(24)28)17-38(34,35)31-12-10-30(11-13-31)23-16-29-32(20-5-2-4-19(27)15-20)26(33)25(23)37-21-6-3-7-21/h2,4-5,8-9,14-16,21H,3,6-7,10-13,17,28H2,1H3. The van der Waals surface area contributed by atoms with Gasteiger partial charge >= 0.3 is 5.56 Å². The van der Waals surface area contributed by atoms with E-state index in [0.29, 0.717) is 46.5 Å². The van der Waals surface area contributed by atoms with Crippen LogP contribution in [0, 0.1) is 0 Å². The zero-order valence-corrected chi connectivity index (χ0v) is 22.6. The number of methoxy groups -OCH3 is 1. The second-order valence-electron chi connectivity index (χ2n) is 9.45. The van der Waals surface area contributed by atoms with E-state index in [2.05, 4.69) is 5.10 Å². The number of halogens is 1. The van der Waals surface area contributed by atoms with Gasteiger partial charge in [-0.25, -0.2) is 8.42 Å². The number of nitrogen functional groups attached to an aromatic ring is 1. The fourth-order valence-electron chi connectivity index (χ4n) is 4.57. The van der Waals surface area contributed by atoms with Crippen LogP contribution in [0.4, 0.5) is 11.4 Å². The molecule has 2 aliphatic rings. The van der Waals surface area contributed by atoms with E-state index >= 15 is 0 Å². The quantitative estimate of drug-likeness (QED) is 0.418. The molecule has 10 nitrogen and oxygen atoms in total. The van der Waals surface area contributed by atoms with Gasteiger partial charge in [-0.05, 0) is 55.2 Å². The van der Waals surface area contributed by atoms with E-state index in [1.165, 1.54) is 16.1 Å². The predicted molar refractivity (Wildman–Crippen MR) is 147 cm³/mol. The van der Waals surface area contributed by atoms with Crippen molar-refractivity contribution in [1.82, 2.24) is 14.1 Å². The lowest BCUT2D eigenvalue weighted by Crippen LogP contribution is -2.49. The van der Waals surface area contributed by atoms with Crippen molar-refractivity contribution in [3.05, 3.63) is 69.6 Å². The van der Waals surface area contributed by atoms with E-state index in [9.17, 15) is 13.2 Å². The zero-order chi connectivity index (χ0) is 26.9. The average Bonchev–Trinajstić information content (AvgIpc) is 2.88. The molecule has 12 heteroatoms. The molecule has 2 N–H and O–H groups in total. The average molecular weight is 560 g/mol. The highest BCUT2D eigenvalue weighted by Gasteiger charge is 2.31. The Kier molecular flexibility index (Phi) is 7.51. The Morgan fingerprint density at radius 3 is 2.53 bits per heavy atom. The Balaban J connectivity index is 1.35. The van der Waals surface area contributed by atoms with Crippen LogP contribution in [0.1, 0.15) is 24.8 Å². The molecule has 0 bridgehead atoms. The van der Waals surface area contributed by atoms with Crippen LogP contribution < -0.4 is 25.7 Å². The molecule has 1 aliphatic heterocycles. The number of aromatic nitrogens is 2. The number of ether oxygens (including phenoxy) is 2. The molecule has 2 heterocycles. The molecular formula is C26H30ClN5O5S. The molecule has 1 aliphatic carbocycles. The van der Waals surface area contributed by atoms with E-state index in [0.717, 1.165) is 19.3 Å². The van der Waals surface area contributed by atoms with Gasteiger partial charge in [0.2, 0.25) is 15.8 Å². The van der Waals surface area contributed by atoms with Gasteiger partial charge in [-0.3, -0.25) is 4.79 Å². The summed E-state index contributed by atoms with van der Waals surface area (Å²) in [6.45, 7) is 1.34. The first-order valence-electron chi connectivity index (χ1n) is 12.5. The second kappa shape index (κ2) is 10.8. The Morgan fingerprint density at radius 2 is 1.87 bits per heavy atom. The van der Waals surface area contributed by atoms with Crippen molar-refractivity contribution in [2.75, 3.05) is 43.9 Å². The predicted octanol–water partition coefficient (Wildman–Crippen LogP) is 3.06. The largest absolute Gasteiger partial charge is 0.495 e. The normalized spacial score (nSPS) is 16.7. The summed E-state index contributed by atoms with van der Waals surface area (Å²) in [5.41, 5.74) is 7.65. The maximum absolute atomic E-state index is 13.5. The van der Waals surface area contributed by atoms with Gasteiger partial charge in [-0.15, -0.1) is 0 Å². The second-order valence-corrected chi connectivity index (χ2v) is 11.9. The van der Waals surface area contributed by atoms with Gasteiger partial charge < -0.3 is 20.1 Å². The van der Waals surface area contributed by atoms with E-state index in [1.54, 1.807) is 48.7 Å². The lowest BCUT2D eigenvalue weighted by molar-refractivity contribution is 0.118. The number of rotatable bonds is 8. The number of hydrogen-bond acceptors (Lipinski definition) is 8. The molecule has 0 amide bonds. The maximum Gasteiger partial charge on any atom is 0.316 e. The van der Waals surface area contributed by atoms with Crippen LogP contribution in [0.2, 0.25) is 5.02 Å². The fraction of sp³-hybridized carbons (Fsp3) is 0.385. The number of piperazine rings is 1. The highest BCUT2D eigenvalue weighted by Crippen LogP contribution is 2.31. The van der Waals surface area contributed by atoms with E-state index in [-0.39, 0.29) is 36.3 Å². The van der Waals surface area contributed by atoms with Crippen LogP contribution in [-0.2, 0) is 15.8 Å². The monoisotopic (exact) mass is 559 g/mol. The van der Waals surface area contributed by atoms with Crippen LogP contribution in [0.25, 0.3) is 5.69 Å². The van der Waals surface area contributed by atoms with Crippen molar-refractivity contribution in [2.45, 2.75) is 31.1 Å². The van der Waals surface area contributed by atoms with E-state index < -0.39 is 10.0 Å². The van der Waals surface area contributed by atoms with Crippen LogP contribution in [0.15, 0.2) is 53.5 Å². The Bertz CT molecular complexity index is 1480. The summed E-state index contributed by atoms with van der Waals surface area (Å²) in [5.74, 6) is 0.521. The van der Waals surface area contributed by atoms with Gasteiger partial charge in [0, 0.05) is 31.2 Å². The van der Waals surface area contributed by atoms with Gasteiger partial charge in [0.05, 0.1) is 36.5 Å². The van der Waals surface area contributed by atoms with Gasteiger partial charge in [-0.1, -0.05) is 23.7 Å². The van der Waals surface area contributed by atoms with E-state index in [4.69, 9.17) is 26.8 Å². The molecule has 2 fully saturated rings. The molecule has 3 aromatic rings. The van der Waals surface area contributed by atoms with Crippen molar-refractivity contribution in [3.63, 3.8) is 0 Å². The SMILES string of the molecule is COc1cc(CS(=O)(=O)N2CCN(c3cnn(-c4cccc(Cl)c4)c(=O)c3OC3CCC3)CC2)ccc1N. The molecular weight excluding hydrogens is 530 g/mol. The number of anilines is 2. The zero-order valence-electron chi connectivity index (χ0n) is 21.0. The molecule has 0 unspecified atom stereocenters. The van der Waals surface area contributed by atoms with Gasteiger partial charge in [0.15, 0.2) is 0 Å². The van der Waals surface area contributed by atoms with Crippen LogP contribution in [-0.4, -0.2) is 61.9 Å². The Morgan fingerprint density at radius 1 is 1.11 bits per heavy atom. The number of hydrogen-bond donors (Lipinski definition) is 1. The molecule has 5 rings (SSSR count). The maximum atomic E-state index is 13.5. The van der Waals surface area contributed by atoms with Crippen molar-refractivity contribution < 1.29 is 17.9 Å². The number of benzene rings is 2. The fourth-order valence-corrected chi connectivity index (χ4v) is 6.25. The van der Waals surface area contributed by atoms with Gasteiger partial charge in [0.25, 0.3) is 0 Å². The summed E-state index contributed by atoms with van der Waals surface area (Å²) in [6, 6.07) is 11.9. The molecule has 1 saturated carbocycles. The first kappa shape index (κ1) is 26.3. The smallest absolute Gasteiger partial charge is 0.316 e. The minimum absolute atomic E-state index is 0.0183. The van der Waals surface area contributed by atoms with Crippen molar-refractivity contribution >= 4 is 33.0 Å². The summed E-state index contributed by atoms with van der Waals surface area (Å²) < 4.78 is 40.5. The third-order valence-electron chi connectivity index (χ3n) is 6.92. The van der Waals surface area contributed by atoms with Crippen LogP contribution >= 0.6 is 11.6 Å². The molecule has 0 atom stereocenters. The van der Waals surface area contributed by atoms with Crippen molar-refractivity contribution in [2.24, 2.45) is 0 Å². The van der Waals surface area contributed by atoms with Crippen molar-refractivity contribution in [1.29, 1.82) is 0 Å². The number of nitrogens with two attached hydrogens (primary N) is 1. The molecule has 1 saturated heterocycles. The highest BCUT2D eigenvalue weighted by atomic mass is 35.5. The highest BCUT2D eigenvalue weighted by molar-refractivity contribution is 7.88. The van der Waals surface area contributed by atoms with Gasteiger partial charge in [-0.2, -0.15) is 14.1 Å². The molecule has 1 aromatic heterocycles. The van der Waals surface area contributed by atoms with Gasteiger partial charge in [0.1, 0.15) is 11.4 Å². The molecule has 0 spiro atoms. The minimum atomic E-state index is -3.57. The third kappa shape index (κ3) is 5.45. The number of sulfonamides is 1. The number of nitrogens with zero attached hydrogens (tertiary/aromatic N) is 4.